The lowest BCUT2D eigenvalue weighted by atomic mass is 10.2. The second-order valence-corrected chi connectivity index (χ2v) is 7.24. The normalized spacial score (nSPS) is 15.5. The predicted molar refractivity (Wildman–Crippen MR) is 90.9 cm³/mol. The van der Waals surface area contributed by atoms with Gasteiger partial charge in [0.2, 0.25) is 5.91 Å². The smallest absolute Gasteiger partial charge is 0.264 e. The highest BCUT2D eigenvalue weighted by atomic mass is 35.5. The monoisotopic (exact) mass is 351 g/mol. The van der Waals surface area contributed by atoms with Crippen LogP contribution in [-0.2, 0) is 11.2 Å². The van der Waals surface area contributed by atoms with Crippen molar-refractivity contribution in [1.82, 2.24) is 14.8 Å². The van der Waals surface area contributed by atoms with Crippen LogP contribution in [0.3, 0.4) is 0 Å². The zero-order chi connectivity index (χ0) is 16.2. The molecule has 2 amide bonds. The van der Waals surface area contributed by atoms with Crippen LogP contribution in [-0.4, -0.2) is 52.8 Å². The van der Waals surface area contributed by atoms with E-state index in [4.69, 9.17) is 11.6 Å². The molecule has 0 aromatic carbocycles. The van der Waals surface area contributed by atoms with Crippen LogP contribution in [0, 0.1) is 0 Å². The van der Waals surface area contributed by atoms with Crippen LogP contribution in [0.25, 0.3) is 0 Å². The second kappa shape index (κ2) is 7.19. The summed E-state index contributed by atoms with van der Waals surface area (Å²) < 4.78 is 0.617. The van der Waals surface area contributed by atoms with Gasteiger partial charge in [0.25, 0.3) is 5.91 Å². The van der Waals surface area contributed by atoms with Crippen LogP contribution < -0.4 is 0 Å². The number of nitrogens with one attached hydrogen (secondary N) is 1. The van der Waals surface area contributed by atoms with Crippen molar-refractivity contribution in [3.05, 3.63) is 45.4 Å². The van der Waals surface area contributed by atoms with Crippen molar-refractivity contribution in [2.45, 2.75) is 12.8 Å². The molecule has 0 aliphatic carbocycles. The number of hydrogen-bond acceptors (Lipinski definition) is 3. The zero-order valence-electron chi connectivity index (χ0n) is 12.6. The lowest BCUT2D eigenvalue weighted by molar-refractivity contribution is -0.130. The third-order valence-electron chi connectivity index (χ3n) is 3.94. The molecule has 0 spiro atoms. The van der Waals surface area contributed by atoms with Crippen molar-refractivity contribution in [2.24, 2.45) is 0 Å². The lowest BCUT2D eigenvalue weighted by Crippen LogP contribution is -2.37. The zero-order valence-corrected chi connectivity index (χ0v) is 14.2. The molecule has 1 saturated heterocycles. The standard InChI is InChI=1S/C16H18ClN3O2S/c17-14-3-2-13(23-14)16(22)20-7-1-6-19(8-9-20)15(21)10-12-4-5-18-11-12/h2-5,11,18H,1,6-10H2. The summed E-state index contributed by atoms with van der Waals surface area (Å²) in [7, 11) is 0. The summed E-state index contributed by atoms with van der Waals surface area (Å²) in [6, 6.07) is 5.41. The minimum atomic E-state index is 0.00170. The van der Waals surface area contributed by atoms with Crippen molar-refractivity contribution in [3.63, 3.8) is 0 Å². The van der Waals surface area contributed by atoms with E-state index < -0.39 is 0 Å². The predicted octanol–water partition coefficient (Wildman–Crippen LogP) is 2.65. The van der Waals surface area contributed by atoms with Crippen molar-refractivity contribution in [1.29, 1.82) is 0 Å². The fourth-order valence-electron chi connectivity index (χ4n) is 2.71. The van der Waals surface area contributed by atoms with Crippen LogP contribution in [0.5, 0.6) is 0 Å². The van der Waals surface area contributed by atoms with Gasteiger partial charge in [0.05, 0.1) is 15.6 Å². The summed E-state index contributed by atoms with van der Waals surface area (Å²) >= 11 is 7.20. The molecule has 1 aliphatic heterocycles. The maximum absolute atomic E-state index is 12.5. The van der Waals surface area contributed by atoms with Gasteiger partial charge in [-0.15, -0.1) is 11.3 Å². The molecule has 3 heterocycles. The average molecular weight is 352 g/mol. The number of carbonyl (C=O) groups excluding carboxylic acids is 2. The van der Waals surface area contributed by atoms with Gasteiger partial charge < -0.3 is 14.8 Å². The number of H-pyrrole nitrogens is 1. The number of nitrogens with zero attached hydrogens (tertiary/aromatic N) is 2. The van der Waals surface area contributed by atoms with E-state index in [1.165, 1.54) is 11.3 Å². The Labute approximate surface area is 143 Å². The van der Waals surface area contributed by atoms with Crippen LogP contribution >= 0.6 is 22.9 Å². The minimum absolute atomic E-state index is 0.00170. The molecule has 3 rings (SSSR count). The number of amides is 2. The van der Waals surface area contributed by atoms with Crippen LogP contribution in [0.1, 0.15) is 21.7 Å². The summed E-state index contributed by atoms with van der Waals surface area (Å²) in [4.78, 5) is 32.1. The third-order valence-corrected chi connectivity index (χ3v) is 5.16. The van der Waals surface area contributed by atoms with E-state index in [1.807, 2.05) is 28.3 Å². The van der Waals surface area contributed by atoms with Crippen molar-refractivity contribution in [3.8, 4) is 0 Å². The van der Waals surface area contributed by atoms with E-state index in [0.717, 1.165) is 12.0 Å². The lowest BCUT2D eigenvalue weighted by Gasteiger charge is -2.21. The highest BCUT2D eigenvalue weighted by Gasteiger charge is 2.23. The molecule has 0 bridgehead atoms. The van der Waals surface area contributed by atoms with Gasteiger partial charge in [-0.05, 0) is 30.2 Å². The number of aromatic amines is 1. The average Bonchev–Trinajstić information content (AvgIpc) is 3.12. The summed E-state index contributed by atoms with van der Waals surface area (Å²) in [6.45, 7) is 2.50. The minimum Gasteiger partial charge on any atom is -0.367 e. The SMILES string of the molecule is O=C(Cc1cc[nH]c1)N1CCCN(C(=O)c2ccc(Cl)s2)CC1. The molecule has 1 fully saturated rings. The largest absolute Gasteiger partial charge is 0.367 e. The van der Waals surface area contributed by atoms with Gasteiger partial charge in [0.1, 0.15) is 0 Å². The van der Waals surface area contributed by atoms with Gasteiger partial charge in [-0.3, -0.25) is 9.59 Å². The molecule has 0 atom stereocenters. The van der Waals surface area contributed by atoms with Gasteiger partial charge in [0.15, 0.2) is 0 Å². The Morgan fingerprint density at radius 2 is 1.91 bits per heavy atom. The third kappa shape index (κ3) is 3.95. The Morgan fingerprint density at radius 1 is 1.13 bits per heavy atom. The number of aromatic nitrogens is 1. The van der Waals surface area contributed by atoms with E-state index in [2.05, 4.69) is 4.98 Å². The first-order valence-electron chi connectivity index (χ1n) is 7.57. The summed E-state index contributed by atoms with van der Waals surface area (Å²) in [5.41, 5.74) is 0.986. The Morgan fingerprint density at radius 3 is 2.61 bits per heavy atom. The molecule has 0 unspecified atom stereocenters. The van der Waals surface area contributed by atoms with Crippen molar-refractivity contribution < 1.29 is 9.59 Å². The fourth-order valence-corrected chi connectivity index (χ4v) is 3.72. The number of rotatable bonds is 3. The second-order valence-electron chi connectivity index (χ2n) is 5.53. The number of hydrogen-bond donors (Lipinski definition) is 1. The fraction of sp³-hybridized carbons (Fsp3) is 0.375. The van der Waals surface area contributed by atoms with E-state index >= 15 is 0 Å². The van der Waals surface area contributed by atoms with Crippen LogP contribution in [0.4, 0.5) is 0 Å². The first kappa shape index (κ1) is 16.1. The topological polar surface area (TPSA) is 56.4 Å². The quantitative estimate of drug-likeness (QED) is 0.924. The van der Waals surface area contributed by atoms with E-state index in [9.17, 15) is 9.59 Å². The summed E-state index contributed by atoms with van der Waals surface area (Å²) in [5, 5.41) is 0. The molecule has 122 valence electrons. The molecule has 1 N–H and O–H groups in total. The molecular weight excluding hydrogens is 334 g/mol. The summed E-state index contributed by atoms with van der Waals surface area (Å²) in [6.07, 6.45) is 4.85. The molecule has 0 radical (unpaired) electrons. The van der Waals surface area contributed by atoms with Gasteiger partial charge in [-0.1, -0.05) is 11.6 Å². The first-order chi connectivity index (χ1) is 11.1. The summed E-state index contributed by atoms with van der Waals surface area (Å²) in [5.74, 6) is 0.111. The van der Waals surface area contributed by atoms with E-state index in [0.29, 0.717) is 41.8 Å². The van der Waals surface area contributed by atoms with E-state index in [-0.39, 0.29) is 11.8 Å². The molecule has 1 aliphatic rings. The molecule has 2 aromatic rings. The maximum Gasteiger partial charge on any atom is 0.264 e. The molecule has 0 saturated carbocycles. The molecule has 5 nitrogen and oxygen atoms in total. The first-order valence-corrected chi connectivity index (χ1v) is 8.77. The Kier molecular flexibility index (Phi) is 5.03. The van der Waals surface area contributed by atoms with Gasteiger partial charge in [0, 0.05) is 38.6 Å². The molecule has 2 aromatic heterocycles. The van der Waals surface area contributed by atoms with Crippen LogP contribution in [0.2, 0.25) is 4.34 Å². The molecule has 23 heavy (non-hydrogen) atoms. The van der Waals surface area contributed by atoms with Gasteiger partial charge in [-0.2, -0.15) is 0 Å². The van der Waals surface area contributed by atoms with Crippen LogP contribution in [0.15, 0.2) is 30.6 Å². The Bertz CT molecular complexity index is 683. The van der Waals surface area contributed by atoms with Gasteiger partial charge in [-0.25, -0.2) is 0 Å². The van der Waals surface area contributed by atoms with E-state index in [1.54, 1.807) is 12.1 Å². The highest BCUT2D eigenvalue weighted by molar-refractivity contribution is 7.17. The number of carbonyl (C=O) groups is 2. The number of thiophene rings is 1. The van der Waals surface area contributed by atoms with Gasteiger partial charge >= 0.3 is 0 Å². The number of halogens is 1. The molecule has 7 heteroatoms. The Balaban J connectivity index is 1.58. The molecular formula is C16H18ClN3O2S. The Hall–Kier alpha value is -1.79. The van der Waals surface area contributed by atoms with Crippen molar-refractivity contribution >= 4 is 34.8 Å². The maximum atomic E-state index is 12.5. The highest BCUT2D eigenvalue weighted by Crippen LogP contribution is 2.23. The van der Waals surface area contributed by atoms with Crippen molar-refractivity contribution in [2.75, 3.05) is 26.2 Å².